The van der Waals surface area contributed by atoms with E-state index in [0.717, 1.165) is 31.2 Å². The summed E-state index contributed by atoms with van der Waals surface area (Å²) < 4.78 is 0. The molecule has 15 heavy (non-hydrogen) atoms. The van der Waals surface area contributed by atoms with Gasteiger partial charge in [0.15, 0.2) is 5.96 Å². The van der Waals surface area contributed by atoms with Gasteiger partial charge in [0.25, 0.3) is 0 Å². The van der Waals surface area contributed by atoms with Crippen LogP contribution in [0.1, 0.15) is 26.0 Å². The van der Waals surface area contributed by atoms with Crippen molar-refractivity contribution < 1.29 is 0 Å². The van der Waals surface area contributed by atoms with Gasteiger partial charge >= 0.3 is 0 Å². The van der Waals surface area contributed by atoms with Crippen LogP contribution < -0.4 is 10.6 Å². The van der Waals surface area contributed by atoms with Crippen LogP contribution in [0.15, 0.2) is 17.3 Å². The number of aromatic nitrogens is 2. The summed E-state index contributed by atoms with van der Waals surface area (Å²) in [6.45, 7) is 6.62. The Hall–Kier alpha value is -1.52. The second-order valence-corrected chi connectivity index (χ2v) is 3.20. The van der Waals surface area contributed by atoms with Crippen molar-refractivity contribution in [1.82, 2.24) is 20.8 Å². The highest BCUT2D eigenvalue weighted by Crippen LogP contribution is 1.93. The van der Waals surface area contributed by atoms with E-state index >= 15 is 0 Å². The summed E-state index contributed by atoms with van der Waals surface area (Å²) in [6.07, 6.45) is 2.83. The molecule has 0 saturated carbocycles. The Bertz CT molecular complexity index is 278. The lowest BCUT2D eigenvalue weighted by atomic mass is 10.4. The number of guanidine groups is 1. The van der Waals surface area contributed by atoms with Crippen molar-refractivity contribution in [1.29, 1.82) is 0 Å². The summed E-state index contributed by atoms with van der Waals surface area (Å²) in [7, 11) is 0. The van der Waals surface area contributed by atoms with Crippen LogP contribution in [0.25, 0.3) is 0 Å². The Morgan fingerprint density at radius 1 is 1.47 bits per heavy atom. The quantitative estimate of drug-likeness (QED) is 0.498. The molecule has 1 aromatic rings. The first kappa shape index (κ1) is 11.6. The molecule has 5 heteroatoms. The van der Waals surface area contributed by atoms with E-state index in [1.807, 2.05) is 6.07 Å². The highest BCUT2D eigenvalue weighted by atomic mass is 15.2. The molecular weight excluding hydrogens is 190 g/mol. The molecule has 1 rings (SSSR count). The number of rotatable bonds is 5. The predicted octanol–water partition coefficient (Wildman–Crippen LogP) is 0.875. The molecule has 84 valence electrons. The fourth-order valence-corrected chi connectivity index (χ4v) is 1.12. The molecule has 0 aliphatic heterocycles. The second-order valence-electron chi connectivity index (χ2n) is 3.20. The van der Waals surface area contributed by atoms with Crippen molar-refractivity contribution in [3.05, 3.63) is 18.0 Å². The highest BCUT2D eigenvalue weighted by Gasteiger charge is 1.96. The summed E-state index contributed by atoms with van der Waals surface area (Å²) in [5, 5.41) is 13.2. The average molecular weight is 209 g/mol. The van der Waals surface area contributed by atoms with Gasteiger partial charge in [-0.2, -0.15) is 5.10 Å². The molecule has 0 amide bonds. The van der Waals surface area contributed by atoms with Crippen molar-refractivity contribution in [3.63, 3.8) is 0 Å². The molecule has 0 aromatic carbocycles. The third kappa shape index (κ3) is 4.49. The van der Waals surface area contributed by atoms with Crippen LogP contribution in [0.3, 0.4) is 0 Å². The molecule has 0 aliphatic carbocycles. The first-order chi connectivity index (χ1) is 7.36. The van der Waals surface area contributed by atoms with Gasteiger partial charge in [-0.15, -0.1) is 0 Å². The number of aliphatic imine (C=N–C) groups is 1. The fraction of sp³-hybridized carbons (Fsp3) is 0.600. The van der Waals surface area contributed by atoms with Crippen molar-refractivity contribution in [2.75, 3.05) is 13.1 Å². The minimum atomic E-state index is 0.624. The van der Waals surface area contributed by atoms with Crippen LogP contribution in [0.5, 0.6) is 0 Å². The smallest absolute Gasteiger partial charge is 0.191 e. The second kappa shape index (κ2) is 6.86. The van der Waals surface area contributed by atoms with Gasteiger partial charge in [0.1, 0.15) is 0 Å². The third-order valence-electron chi connectivity index (χ3n) is 1.85. The molecule has 0 fully saturated rings. The van der Waals surface area contributed by atoms with Crippen molar-refractivity contribution in [3.8, 4) is 0 Å². The SMILES string of the molecule is CCCNC(=NCc1ccn[nH]1)NCC. The van der Waals surface area contributed by atoms with Crippen molar-refractivity contribution in [2.24, 2.45) is 4.99 Å². The molecule has 0 spiro atoms. The van der Waals surface area contributed by atoms with Crippen LogP contribution in [0, 0.1) is 0 Å². The zero-order chi connectivity index (χ0) is 10.9. The highest BCUT2D eigenvalue weighted by molar-refractivity contribution is 5.79. The van der Waals surface area contributed by atoms with Crippen LogP contribution in [-0.2, 0) is 6.54 Å². The van der Waals surface area contributed by atoms with E-state index in [9.17, 15) is 0 Å². The van der Waals surface area contributed by atoms with Crippen molar-refractivity contribution in [2.45, 2.75) is 26.8 Å². The van der Waals surface area contributed by atoms with Gasteiger partial charge in [0, 0.05) is 19.3 Å². The Balaban J connectivity index is 2.43. The number of hydrogen-bond donors (Lipinski definition) is 3. The Morgan fingerprint density at radius 3 is 2.93 bits per heavy atom. The van der Waals surface area contributed by atoms with Gasteiger partial charge in [0.2, 0.25) is 0 Å². The van der Waals surface area contributed by atoms with Crippen LogP contribution in [0.4, 0.5) is 0 Å². The summed E-state index contributed by atoms with van der Waals surface area (Å²) in [5.41, 5.74) is 1.02. The monoisotopic (exact) mass is 209 g/mol. The normalized spacial score (nSPS) is 11.5. The molecule has 1 heterocycles. The van der Waals surface area contributed by atoms with E-state index in [1.54, 1.807) is 6.20 Å². The van der Waals surface area contributed by atoms with Crippen LogP contribution >= 0.6 is 0 Å². The maximum absolute atomic E-state index is 4.42. The zero-order valence-electron chi connectivity index (χ0n) is 9.38. The summed E-state index contributed by atoms with van der Waals surface area (Å²) >= 11 is 0. The standard InChI is InChI=1S/C10H19N5/c1-3-6-12-10(11-4-2)13-8-9-5-7-14-15-9/h5,7H,3-4,6,8H2,1-2H3,(H,14,15)(H2,11,12,13). The molecule has 5 nitrogen and oxygen atoms in total. The number of aromatic amines is 1. The molecule has 3 N–H and O–H groups in total. The van der Waals surface area contributed by atoms with Gasteiger partial charge in [-0.25, -0.2) is 4.99 Å². The van der Waals surface area contributed by atoms with E-state index in [1.165, 1.54) is 0 Å². The minimum Gasteiger partial charge on any atom is -0.357 e. The lowest BCUT2D eigenvalue weighted by molar-refractivity contribution is 0.782. The summed E-state index contributed by atoms with van der Waals surface area (Å²) in [5.74, 6) is 0.856. The zero-order valence-corrected chi connectivity index (χ0v) is 9.38. The Labute approximate surface area is 90.4 Å². The van der Waals surface area contributed by atoms with Gasteiger partial charge < -0.3 is 10.6 Å². The number of hydrogen-bond acceptors (Lipinski definition) is 2. The van der Waals surface area contributed by atoms with Gasteiger partial charge in [-0.05, 0) is 19.4 Å². The number of nitrogens with zero attached hydrogens (tertiary/aromatic N) is 2. The topological polar surface area (TPSA) is 65.1 Å². The van der Waals surface area contributed by atoms with Gasteiger partial charge in [-0.1, -0.05) is 6.92 Å². The maximum atomic E-state index is 4.42. The van der Waals surface area contributed by atoms with E-state index < -0.39 is 0 Å². The molecule has 0 unspecified atom stereocenters. The molecule has 0 atom stereocenters. The predicted molar refractivity (Wildman–Crippen MR) is 61.7 cm³/mol. The molecule has 0 radical (unpaired) electrons. The number of nitrogens with one attached hydrogen (secondary N) is 3. The van der Waals surface area contributed by atoms with E-state index in [4.69, 9.17) is 0 Å². The van der Waals surface area contributed by atoms with E-state index in [-0.39, 0.29) is 0 Å². The van der Waals surface area contributed by atoms with E-state index in [0.29, 0.717) is 6.54 Å². The summed E-state index contributed by atoms with van der Waals surface area (Å²) in [4.78, 5) is 4.42. The van der Waals surface area contributed by atoms with Gasteiger partial charge in [-0.3, -0.25) is 5.10 Å². The molecule has 0 saturated heterocycles. The molecular formula is C10H19N5. The first-order valence-corrected chi connectivity index (χ1v) is 5.37. The maximum Gasteiger partial charge on any atom is 0.191 e. The largest absolute Gasteiger partial charge is 0.357 e. The summed E-state index contributed by atoms with van der Waals surface area (Å²) in [6, 6.07) is 1.92. The van der Waals surface area contributed by atoms with E-state index in [2.05, 4.69) is 39.7 Å². The van der Waals surface area contributed by atoms with Gasteiger partial charge in [0.05, 0.1) is 12.2 Å². The van der Waals surface area contributed by atoms with Crippen LogP contribution in [-0.4, -0.2) is 29.2 Å². The molecule has 0 bridgehead atoms. The van der Waals surface area contributed by atoms with Crippen LogP contribution in [0.2, 0.25) is 0 Å². The Kier molecular flexibility index (Phi) is 5.29. The molecule has 1 aromatic heterocycles. The third-order valence-corrected chi connectivity index (χ3v) is 1.85. The fourth-order valence-electron chi connectivity index (χ4n) is 1.12. The number of H-pyrrole nitrogens is 1. The lowest BCUT2D eigenvalue weighted by Gasteiger charge is -2.09. The average Bonchev–Trinajstić information content (AvgIpc) is 2.75. The minimum absolute atomic E-state index is 0.624. The van der Waals surface area contributed by atoms with Crippen molar-refractivity contribution >= 4 is 5.96 Å². The lowest BCUT2D eigenvalue weighted by Crippen LogP contribution is -2.37. The Morgan fingerprint density at radius 2 is 2.33 bits per heavy atom. The molecule has 0 aliphatic rings. The first-order valence-electron chi connectivity index (χ1n) is 5.37.